The van der Waals surface area contributed by atoms with Gasteiger partial charge >= 0.3 is 0 Å². The molecule has 0 spiro atoms. The molecule has 0 unspecified atom stereocenters. The topological polar surface area (TPSA) is 63.2 Å². The summed E-state index contributed by atoms with van der Waals surface area (Å²) in [5, 5.41) is 0. The van der Waals surface area contributed by atoms with Crippen molar-refractivity contribution in [1.82, 2.24) is 9.97 Å². The second-order valence-corrected chi connectivity index (χ2v) is 6.45. The lowest BCUT2D eigenvalue weighted by molar-refractivity contribution is 0.586. The predicted molar refractivity (Wildman–Crippen MR) is 60.6 cm³/mol. The molecular weight excluding hydrogens is 282 g/mol. The first-order valence-electron chi connectivity index (χ1n) is 4.50. The molecule has 0 saturated carbocycles. The predicted octanol–water partition coefficient (Wildman–Crippen LogP) is 0.474. The van der Waals surface area contributed by atoms with Crippen LogP contribution in [0.1, 0.15) is 0 Å². The van der Waals surface area contributed by atoms with Crippen LogP contribution in [-0.2, 0) is 9.84 Å². The molecule has 0 bridgehead atoms. The van der Waals surface area contributed by atoms with Crippen molar-refractivity contribution in [3.05, 3.63) is 17.0 Å². The molecule has 0 aromatic carbocycles. The average Bonchev–Trinajstić information content (AvgIpc) is 2.17. The highest BCUT2D eigenvalue weighted by Crippen LogP contribution is 2.16. The second kappa shape index (κ2) is 4.05. The molecule has 1 aromatic heterocycles. The van der Waals surface area contributed by atoms with Crippen LogP contribution in [0.3, 0.4) is 0 Å². The highest BCUT2D eigenvalue weighted by molar-refractivity contribution is 9.10. The van der Waals surface area contributed by atoms with E-state index in [1.54, 1.807) is 6.07 Å². The Morgan fingerprint density at radius 2 is 1.93 bits per heavy atom. The van der Waals surface area contributed by atoms with E-state index in [4.69, 9.17) is 0 Å². The van der Waals surface area contributed by atoms with Crippen molar-refractivity contribution in [1.29, 1.82) is 0 Å². The number of sulfone groups is 1. The van der Waals surface area contributed by atoms with Crippen LogP contribution in [0.4, 0.5) is 5.82 Å². The molecule has 15 heavy (non-hydrogen) atoms. The summed E-state index contributed by atoms with van der Waals surface area (Å²) in [4.78, 5) is 9.98. The fourth-order valence-electron chi connectivity index (χ4n) is 1.44. The molecule has 0 radical (unpaired) electrons. The minimum absolute atomic E-state index is 0.203. The van der Waals surface area contributed by atoms with E-state index < -0.39 is 9.84 Å². The van der Waals surface area contributed by atoms with Crippen LogP contribution in [0.15, 0.2) is 17.0 Å². The molecule has 5 nitrogen and oxygen atoms in total. The van der Waals surface area contributed by atoms with Crippen molar-refractivity contribution in [2.75, 3.05) is 29.5 Å². The summed E-state index contributed by atoms with van der Waals surface area (Å²) in [5.41, 5.74) is 0. The van der Waals surface area contributed by atoms with Crippen molar-refractivity contribution >= 4 is 31.6 Å². The van der Waals surface area contributed by atoms with E-state index >= 15 is 0 Å². The molecule has 7 heteroatoms. The second-order valence-electron chi connectivity index (χ2n) is 3.34. The van der Waals surface area contributed by atoms with E-state index in [1.165, 1.54) is 6.33 Å². The Balaban J connectivity index is 2.14. The molecule has 0 aliphatic carbocycles. The van der Waals surface area contributed by atoms with Gasteiger partial charge in [-0.1, -0.05) is 0 Å². The number of hydrogen-bond acceptors (Lipinski definition) is 5. The average molecular weight is 292 g/mol. The third-order valence-electron chi connectivity index (χ3n) is 2.29. The van der Waals surface area contributed by atoms with Crippen LogP contribution < -0.4 is 4.90 Å². The van der Waals surface area contributed by atoms with Gasteiger partial charge in [-0.15, -0.1) is 0 Å². The SMILES string of the molecule is O=S1(=O)CCN(c2cc(Br)ncn2)CC1. The van der Waals surface area contributed by atoms with E-state index in [2.05, 4.69) is 25.9 Å². The molecule has 1 aromatic rings. The summed E-state index contributed by atoms with van der Waals surface area (Å²) in [5.74, 6) is 1.18. The largest absolute Gasteiger partial charge is 0.354 e. The van der Waals surface area contributed by atoms with Crippen LogP contribution in [-0.4, -0.2) is 43.0 Å². The standard InChI is InChI=1S/C8H10BrN3O2S/c9-7-5-8(11-6-10-7)12-1-3-15(13,14)4-2-12/h5-6H,1-4H2. The number of rotatable bonds is 1. The summed E-state index contributed by atoms with van der Waals surface area (Å²) in [6.45, 7) is 1.01. The molecule has 1 aliphatic rings. The number of anilines is 1. The number of aromatic nitrogens is 2. The number of nitrogens with zero attached hydrogens (tertiary/aromatic N) is 3. The fourth-order valence-corrected chi connectivity index (χ4v) is 2.94. The first-order valence-corrected chi connectivity index (χ1v) is 7.11. The highest BCUT2D eigenvalue weighted by Gasteiger charge is 2.22. The minimum atomic E-state index is -2.83. The maximum atomic E-state index is 11.2. The lowest BCUT2D eigenvalue weighted by Gasteiger charge is -2.27. The van der Waals surface area contributed by atoms with Gasteiger partial charge in [-0.2, -0.15) is 0 Å². The minimum Gasteiger partial charge on any atom is -0.354 e. The molecule has 2 heterocycles. The van der Waals surface area contributed by atoms with Crippen molar-refractivity contribution in [3.63, 3.8) is 0 Å². The van der Waals surface area contributed by atoms with Gasteiger partial charge in [0.15, 0.2) is 9.84 Å². The molecule has 1 saturated heterocycles. The van der Waals surface area contributed by atoms with Crippen LogP contribution in [0, 0.1) is 0 Å². The van der Waals surface area contributed by atoms with E-state index in [0.717, 1.165) is 5.82 Å². The van der Waals surface area contributed by atoms with Crippen molar-refractivity contribution < 1.29 is 8.42 Å². The van der Waals surface area contributed by atoms with Crippen LogP contribution >= 0.6 is 15.9 Å². The van der Waals surface area contributed by atoms with Crippen molar-refractivity contribution in [2.24, 2.45) is 0 Å². The first-order chi connectivity index (χ1) is 7.07. The first kappa shape index (κ1) is 10.8. The summed E-state index contributed by atoms with van der Waals surface area (Å²) in [6, 6.07) is 1.79. The maximum Gasteiger partial charge on any atom is 0.153 e. The van der Waals surface area contributed by atoms with Gasteiger partial charge in [0.2, 0.25) is 0 Å². The highest BCUT2D eigenvalue weighted by atomic mass is 79.9. The van der Waals surface area contributed by atoms with Crippen molar-refractivity contribution in [3.8, 4) is 0 Å². The van der Waals surface area contributed by atoms with E-state index in [9.17, 15) is 8.42 Å². The molecule has 82 valence electrons. The molecule has 0 N–H and O–H groups in total. The van der Waals surface area contributed by atoms with Gasteiger partial charge in [0.25, 0.3) is 0 Å². The quantitative estimate of drug-likeness (QED) is 0.704. The Hall–Kier alpha value is -0.690. The van der Waals surface area contributed by atoms with Crippen LogP contribution in [0.5, 0.6) is 0 Å². The van der Waals surface area contributed by atoms with Crippen LogP contribution in [0.25, 0.3) is 0 Å². The zero-order valence-electron chi connectivity index (χ0n) is 7.93. The molecule has 1 fully saturated rings. The van der Waals surface area contributed by atoms with Gasteiger partial charge in [0.05, 0.1) is 11.5 Å². The van der Waals surface area contributed by atoms with Gasteiger partial charge in [-0.3, -0.25) is 0 Å². The monoisotopic (exact) mass is 291 g/mol. The molecule has 1 aliphatic heterocycles. The molecule has 2 rings (SSSR count). The normalized spacial score (nSPS) is 20.2. The Morgan fingerprint density at radius 3 is 2.53 bits per heavy atom. The number of halogens is 1. The Kier molecular flexibility index (Phi) is 2.92. The van der Waals surface area contributed by atoms with Gasteiger partial charge in [-0.05, 0) is 15.9 Å². The molecule has 0 amide bonds. The zero-order valence-corrected chi connectivity index (χ0v) is 10.3. The summed E-state index contributed by atoms with van der Waals surface area (Å²) >= 11 is 3.26. The summed E-state index contributed by atoms with van der Waals surface area (Å²) in [6.07, 6.45) is 1.46. The third kappa shape index (κ3) is 2.66. The summed E-state index contributed by atoms with van der Waals surface area (Å²) < 4.78 is 23.2. The Bertz CT molecular complexity index is 449. The van der Waals surface area contributed by atoms with Gasteiger partial charge in [0.1, 0.15) is 16.7 Å². The van der Waals surface area contributed by atoms with Crippen LogP contribution in [0.2, 0.25) is 0 Å². The lowest BCUT2D eigenvalue weighted by Crippen LogP contribution is -2.40. The molecule has 0 atom stereocenters. The van der Waals surface area contributed by atoms with Gasteiger partial charge in [0, 0.05) is 19.2 Å². The van der Waals surface area contributed by atoms with Gasteiger partial charge < -0.3 is 4.90 Å². The third-order valence-corrected chi connectivity index (χ3v) is 4.33. The Morgan fingerprint density at radius 1 is 1.27 bits per heavy atom. The maximum absolute atomic E-state index is 11.2. The van der Waals surface area contributed by atoms with Gasteiger partial charge in [-0.25, -0.2) is 18.4 Å². The number of hydrogen-bond donors (Lipinski definition) is 0. The summed E-state index contributed by atoms with van der Waals surface area (Å²) in [7, 11) is -2.83. The Labute approximate surface area is 96.6 Å². The molecular formula is C8H10BrN3O2S. The van der Waals surface area contributed by atoms with E-state index in [1.807, 2.05) is 4.90 Å². The zero-order chi connectivity index (χ0) is 10.9. The fraction of sp³-hybridized carbons (Fsp3) is 0.500. The van der Waals surface area contributed by atoms with Crippen molar-refractivity contribution in [2.45, 2.75) is 0 Å². The smallest absolute Gasteiger partial charge is 0.153 e. The van der Waals surface area contributed by atoms with E-state index in [0.29, 0.717) is 17.7 Å². The lowest BCUT2D eigenvalue weighted by atomic mass is 10.4. The van der Waals surface area contributed by atoms with E-state index in [-0.39, 0.29) is 11.5 Å².